The van der Waals surface area contributed by atoms with Crippen LogP contribution >= 0.6 is 0 Å². The van der Waals surface area contributed by atoms with Crippen molar-refractivity contribution in [3.8, 4) is 0 Å². The van der Waals surface area contributed by atoms with Crippen LogP contribution in [-0.2, 0) is 4.74 Å². The molecule has 0 aromatic carbocycles. The molecule has 0 aromatic rings. The largest absolute Gasteiger partial charge is 0.377 e. The topological polar surface area (TPSA) is 9.23 Å². The molecule has 0 fully saturated rings. The van der Waals surface area contributed by atoms with Crippen molar-refractivity contribution in [1.29, 1.82) is 0 Å². The van der Waals surface area contributed by atoms with Gasteiger partial charge in [0.25, 0.3) is 0 Å². The zero-order valence-corrected chi connectivity index (χ0v) is 6.18. The lowest BCUT2D eigenvalue weighted by atomic mass is 9.87. The van der Waals surface area contributed by atoms with Gasteiger partial charge in [0.15, 0.2) is 0 Å². The van der Waals surface area contributed by atoms with Crippen molar-refractivity contribution < 1.29 is 4.74 Å². The minimum atomic E-state index is 0.318. The smallest absolute Gasteiger partial charge is 0.0648 e. The molecule has 1 nitrogen and oxygen atoms in total. The van der Waals surface area contributed by atoms with Crippen molar-refractivity contribution in [2.75, 3.05) is 13.2 Å². The van der Waals surface area contributed by atoms with Gasteiger partial charge in [0.2, 0.25) is 0 Å². The maximum absolute atomic E-state index is 5.29. The maximum atomic E-state index is 5.29. The molecule has 1 unspecified atom stereocenters. The van der Waals surface area contributed by atoms with E-state index in [4.69, 9.17) is 4.74 Å². The summed E-state index contributed by atoms with van der Waals surface area (Å²) < 4.78 is 5.29. The van der Waals surface area contributed by atoms with E-state index in [0.717, 1.165) is 13.2 Å². The van der Waals surface area contributed by atoms with Crippen molar-refractivity contribution in [2.24, 2.45) is 5.41 Å². The Bertz CT molecular complexity index is 118. The second kappa shape index (κ2) is 2.53. The molecular formula is C8H14O. The number of hydrogen-bond acceptors (Lipinski definition) is 1. The zero-order valence-electron chi connectivity index (χ0n) is 6.18. The third kappa shape index (κ3) is 1.55. The zero-order chi connectivity index (χ0) is 6.74. The summed E-state index contributed by atoms with van der Waals surface area (Å²) in [5, 5.41) is 0. The minimum absolute atomic E-state index is 0.318. The van der Waals surface area contributed by atoms with Gasteiger partial charge in [-0.05, 0) is 6.42 Å². The van der Waals surface area contributed by atoms with Gasteiger partial charge in [-0.3, -0.25) is 0 Å². The van der Waals surface area contributed by atoms with Crippen LogP contribution in [0.1, 0.15) is 20.3 Å². The lowest BCUT2D eigenvalue weighted by Gasteiger charge is -2.26. The highest BCUT2D eigenvalue weighted by Gasteiger charge is 2.20. The quantitative estimate of drug-likeness (QED) is 0.488. The van der Waals surface area contributed by atoms with E-state index in [1.165, 1.54) is 6.42 Å². The summed E-state index contributed by atoms with van der Waals surface area (Å²) in [6.45, 7) is 6.11. The summed E-state index contributed by atoms with van der Waals surface area (Å²) in [5.74, 6) is 0. The summed E-state index contributed by atoms with van der Waals surface area (Å²) in [7, 11) is 0. The van der Waals surface area contributed by atoms with E-state index in [-0.39, 0.29) is 0 Å². The molecule has 0 aromatic heterocycles. The van der Waals surface area contributed by atoms with E-state index >= 15 is 0 Å². The molecule has 9 heavy (non-hydrogen) atoms. The molecule has 0 amide bonds. The first kappa shape index (κ1) is 6.81. The third-order valence-corrected chi connectivity index (χ3v) is 1.97. The second-order valence-corrected chi connectivity index (χ2v) is 2.93. The Morgan fingerprint density at radius 1 is 1.67 bits per heavy atom. The third-order valence-electron chi connectivity index (χ3n) is 1.97. The first-order valence-corrected chi connectivity index (χ1v) is 3.52. The molecule has 1 aliphatic rings. The van der Waals surface area contributed by atoms with E-state index in [1.54, 1.807) is 0 Å². The average Bonchev–Trinajstić information content (AvgIpc) is 1.90. The monoisotopic (exact) mass is 126 g/mol. The van der Waals surface area contributed by atoms with Crippen LogP contribution in [0.3, 0.4) is 0 Å². The van der Waals surface area contributed by atoms with Crippen LogP contribution < -0.4 is 0 Å². The highest BCUT2D eigenvalue weighted by Crippen LogP contribution is 2.25. The van der Waals surface area contributed by atoms with Crippen LogP contribution in [0, 0.1) is 5.41 Å². The molecule has 1 heterocycles. The summed E-state index contributed by atoms with van der Waals surface area (Å²) in [6.07, 6.45) is 5.53. The fraction of sp³-hybridized carbons (Fsp3) is 0.750. The second-order valence-electron chi connectivity index (χ2n) is 2.93. The van der Waals surface area contributed by atoms with Gasteiger partial charge in [-0.2, -0.15) is 0 Å². The van der Waals surface area contributed by atoms with E-state index in [9.17, 15) is 0 Å². The maximum Gasteiger partial charge on any atom is 0.0648 e. The van der Waals surface area contributed by atoms with Crippen molar-refractivity contribution >= 4 is 0 Å². The van der Waals surface area contributed by atoms with E-state index < -0.39 is 0 Å². The molecule has 1 rings (SSSR count). The van der Waals surface area contributed by atoms with Gasteiger partial charge in [-0.25, -0.2) is 0 Å². The average molecular weight is 126 g/mol. The van der Waals surface area contributed by atoms with Crippen LogP contribution in [0.2, 0.25) is 0 Å². The predicted octanol–water partition coefficient (Wildman–Crippen LogP) is 1.99. The van der Waals surface area contributed by atoms with Crippen LogP contribution in [-0.4, -0.2) is 13.2 Å². The van der Waals surface area contributed by atoms with Gasteiger partial charge >= 0.3 is 0 Å². The molecule has 1 atom stereocenters. The standard InChI is InChI=1S/C8H14O/c1-3-8(2)5-4-6-9-7-8/h4-5H,3,6-7H2,1-2H3. The van der Waals surface area contributed by atoms with Crippen LogP contribution in [0.15, 0.2) is 12.2 Å². The highest BCUT2D eigenvalue weighted by atomic mass is 16.5. The molecule has 0 radical (unpaired) electrons. The van der Waals surface area contributed by atoms with E-state index in [0.29, 0.717) is 5.41 Å². The van der Waals surface area contributed by atoms with Crippen molar-refractivity contribution in [1.82, 2.24) is 0 Å². The molecule has 1 heteroatoms. The molecule has 0 saturated heterocycles. The number of rotatable bonds is 1. The molecule has 0 aliphatic carbocycles. The normalized spacial score (nSPS) is 34.9. The molecule has 52 valence electrons. The summed E-state index contributed by atoms with van der Waals surface area (Å²) in [4.78, 5) is 0. The SMILES string of the molecule is CCC1(C)C=CCOC1. The van der Waals surface area contributed by atoms with Gasteiger partial charge in [0, 0.05) is 5.41 Å². The summed E-state index contributed by atoms with van der Waals surface area (Å²) in [6, 6.07) is 0. The fourth-order valence-corrected chi connectivity index (χ4v) is 0.961. The van der Waals surface area contributed by atoms with Gasteiger partial charge < -0.3 is 4.74 Å². The molecular weight excluding hydrogens is 112 g/mol. The van der Waals surface area contributed by atoms with Crippen molar-refractivity contribution in [3.05, 3.63) is 12.2 Å². The van der Waals surface area contributed by atoms with E-state index in [1.807, 2.05) is 0 Å². The molecule has 0 N–H and O–H groups in total. The van der Waals surface area contributed by atoms with Gasteiger partial charge in [-0.15, -0.1) is 0 Å². The van der Waals surface area contributed by atoms with Crippen molar-refractivity contribution in [2.45, 2.75) is 20.3 Å². The fourth-order valence-electron chi connectivity index (χ4n) is 0.961. The van der Waals surface area contributed by atoms with Crippen LogP contribution in [0.4, 0.5) is 0 Å². The molecule has 0 spiro atoms. The molecule has 1 aliphatic heterocycles. The molecule has 0 bridgehead atoms. The predicted molar refractivity (Wildman–Crippen MR) is 38.4 cm³/mol. The van der Waals surface area contributed by atoms with Crippen molar-refractivity contribution in [3.63, 3.8) is 0 Å². The van der Waals surface area contributed by atoms with Gasteiger partial charge in [-0.1, -0.05) is 26.0 Å². The van der Waals surface area contributed by atoms with Crippen LogP contribution in [0.25, 0.3) is 0 Å². The van der Waals surface area contributed by atoms with Crippen LogP contribution in [0.5, 0.6) is 0 Å². The Morgan fingerprint density at radius 2 is 2.44 bits per heavy atom. The Kier molecular flexibility index (Phi) is 1.91. The lowest BCUT2D eigenvalue weighted by Crippen LogP contribution is -2.23. The highest BCUT2D eigenvalue weighted by molar-refractivity contribution is 4.99. The van der Waals surface area contributed by atoms with E-state index in [2.05, 4.69) is 26.0 Å². The summed E-state index contributed by atoms with van der Waals surface area (Å²) >= 11 is 0. The van der Waals surface area contributed by atoms with Gasteiger partial charge in [0.1, 0.15) is 0 Å². The Hall–Kier alpha value is -0.300. The minimum Gasteiger partial charge on any atom is -0.377 e. The lowest BCUT2D eigenvalue weighted by molar-refractivity contribution is 0.0800. The Labute approximate surface area is 56.7 Å². The molecule has 0 saturated carbocycles. The first-order valence-electron chi connectivity index (χ1n) is 3.52. The van der Waals surface area contributed by atoms with Gasteiger partial charge in [0.05, 0.1) is 13.2 Å². The Balaban J connectivity index is 2.56. The summed E-state index contributed by atoms with van der Waals surface area (Å²) in [5.41, 5.74) is 0.318. The Morgan fingerprint density at radius 3 is 2.78 bits per heavy atom. The number of ether oxygens (including phenoxy) is 1. The number of hydrogen-bond donors (Lipinski definition) is 0. The first-order chi connectivity index (χ1) is 4.27.